The standard InChI is InChI=1S/C17H21N5O3/c18-9-11-19-10-8-17(23)21-14-6-7-15(16(12-14)22(24)25)20-13-4-2-1-3-5-13/h1-7,12,19-20H,8-11,18H2,(H,21,23). The normalized spacial score (nSPS) is 10.3. The first-order valence-electron chi connectivity index (χ1n) is 7.91. The molecular formula is C17H21N5O3. The monoisotopic (exact) mass is 343 g/mol. The van der Waals surface area contributed by atoms with E-state index < -0.39 is 4.92 Å². The lowest BCUT2D eigenvalue weighted by atomic mass is 10.2. The zero-order valence-electron chi connectivity index (χ0n) is 13.7. The fraction of sp³-hybridized carbons (Fsp3) is 0.235. The van der Waals surface area contributed by atoms with Gasteiger partial charge in [0.25, 0.3) is 5.69 Å². The summed E-state index contributed by atoms with van der Waals surface area (Å²) in [5.74, 6) is -0.220. The Morgan fingerprint density at radius 3 is 2.52 bits per heavy atom. The van der Waals surface area contributed by atoms with Gasteiger partial charge in [-0.3, -0.25) is 14.9 Å². The molecule has 0 aliphatic heterocycles. The molecule has 0 saturated carbocycles. The number of nitrogens with two attached hydrogens (primary N) is 1. The van der Waals surface area contributed by atoms with E-state index in [9.17, 15) is 14.9 Å². The van der Waals surface area contributed by atoms with Gasteiger partial charge < -0.3 is 21.7 Å². The quantitative estimate of drug-likeness (QED) is 0.314. The number of nitrogens with one attached hydrogen (secondary N) is 3. The van der Waals surface area contributed by atoms with Crippen LogP contribution in [-0.4, -0.2) is 30.5 Å². The summed E-state index contributed by atoms with van der Waals surface area (Å²) in [6, 6.07) is 13.7. The molecule has 8 heteroatoms. The van der Waals surface area contributed by atoms with Crippen molar-refractivity contribution in [2.24, 2.45) is 5.73 Å². The molecule has 0 aromatic heterocycles. The number of hydrogen-bond donors (Lipinski definition) is 4. The molecule has 2 aromatic rings. The lowest BCUT2D eigenvalue weighted by Gasteiger charge is -2.10. The fourth-order valence-corrected chi connectivity index (χ4v) is 2.20. The Bertz CT molecular complexity index is 721. The van der Waals surface area contributed by atoms with Gasteiger partial charge in [-0.15, -0.1) is 0 Å². The number of carbonyl (C=O) groups is 1. The van der Waals surface area contributed by atoms with E-state index in [0.29, 0.717) is 31.0 Å². The highest BCUT2D eigenvalue weighted by atomic mass is 16.6. The van der Waals surface area contributed by atoms with Crippen LogP contribution in [0.15, 0.2) is 48.5 Å². The first kappa shape index (κ1) is 18.4. The molecule has 0 atom stereocenters. The number of nitro groups is 1. The Balaban J connectivity index is 2.05. The molecule has 132 valence electrons. The SMILES string of the molecule is NCCNCCC(=O)Nc1ccc(Nc2ccccc2)c([N+](=O)[O-])c1. The van der Waals surface area contributed by atoms with E-state index in [4.69, 9.17) is 5.73 Å². The molecule has 0 aliphatic carbocycles. The van der Waals surface area contributed by atoms with Crippen molar-refractivity contribution in [3.63, 3.8) is 0 Å². The van der Waals surface area contributed by atoms with Crippen molar-refractivity contribution in [1.82, 2.24) is 5.32 Å². The van der Waals surface area contributed by atoms with E-state index in [1.54, 1.807) is 12.1 Å². The molecule has 0 bridgehead atoms. The van der Waals surface area contributed by atoms with E-state index >= 15 is 0 Å². The van der Waals surface area contributed by atoms with Gasteiger partial charge in [-0.25, -0.2) is 0 Å². The number of amides is 1. The van der Waals surface area contributed by atoms with Gasteiger partial charge in [0, 0.05) is 43.5 Å². The Labute approximate surface area is 145 Å². The van der Waals surface area contributed by atoms with Crippen LogP contribution in [0.5, 0.6) is 0 Å². The molecule has 2 aromatic carbocycles. The molecule has 0 aliphatic rings. The lowest BCUT2D eigenvalue weighted by molar-refractivity contribution is -0.383. The molecule has 0 unspecified atom stereocenters. The summed E-state index contributed by atoms with van der Waals surface area (Å²) in [6.45, 7) is 1.64. The van der Waals surface area contributed by atoms with Crippen LogP contribution in [0.3, 0.4) is 0 Å². The maximum atomic E-state index is 11.9. The number of nitro benzene ring substituents is 1. The van der Waals surface area contributed by atoms with E-state index in [1.165, 1.54) is 6.07 Å². The van der Waals surface area contributed by atoms with Crippen LogP contribution < -0.4 is 21.7 Å². The molecule has 1 amide bonds. The second-order valence-corrected chi connectivity index (χ2v) is 5.32. The van der Waals surface area contributed by atoms with Gasteiger partial charge >= 0.3 is 0 Å². The minimum atomic E-state index is -0.482. The zero-order chi connectivity index (χ0) is 18.1. The van der Waals surface area contributed by atoms with E-state index in [2.05, 4.69) is 16.0 Å². The van der Waals surface area contributed by atoms with Gasteiger partial charge in [-0.1, -0.05) is 18.2 Å². The number of nitrogens with zero attached hydrogens (tertiary/aromatic N) is 1. The van der Waals surface area contributed by atoms with Gasteiger partial charge in [0.05, 0.1) is 4.92 Å². The van der Waals surface area contributed by atoms with Gasteiger partial charge in [0.2, 0.25) is 5.91 Å². The Kier molecular flexibility index (Phi) is 6.87. The third-order valence-electron chi connectivity index (χ3n) is 3.38. The highest BCUT2D eigenvalue weighted by Crippen LogP contribution is 2.30. The number of benzene rings is 2. The van der Waals surface area contributed by atoms with Crippen molar-refractivity contribution in [3.8, 4) is 0 Å². The summed E-state index contributed by atoms with van der Waals surface area (Å²) in [5, 5.41) is 20.0. The Morgan fingerprint density at radius 1 is 1.08 bits per heavy atom. The summed E-state index contributed by atoms with van der Waals surface area (Å²) in [7, 11) is 0. The topological polar surface area (TPSA) is 122 Å². The second-order valence-electron chi connectivity index (χ2n) is 5.32. The van der Waals surface area contributed by atoms with Crippen LogP contribution in [-0.2, 0) is 4.79 Å². The molecule has 8 nitrogen and oxygen atoms in total. The first-order valence-corrected chi connectivity index (χ1v) is 7.91. The van der Waals surface area contributed by atoms with Gasteiger partial charge in [0.15, 0.2) is 0 Å². The lowest BCUT2D eigenvalue weighted by Crippen LogP contribution is -2.26. The second kappa shape index (κ2) is 9.36. The van der Waals surface area contributed by atoms with Crippen molar-refractivity contribution < 1.29 is 9.72 Å². The van der Waals surface area contributed by atoms with Crippen molar-refractivity contribution in [2.75, 3.05) is 30.3 Å². The number of anilines is 3. The maximum Gasteiger partial charge on any atom is 0.294 e. The first-order chi connectivity index (χ1) is 12.1. The van der Waals surface area contributed by atoms with Crippen molar-refractivity contribution in [2.45, 2.75) is 6.42 Å². The van der Waals surface area contributed by atoms with Crippen LogP contribution >= 0.6 is 0 Å². The molecule has 0 spiro atoms. The minimum absolute atomic E-state index is 0.108. The zero-order valence-corrected chi connectivity index (χ0v) is 13.7. The smallest absolute Gasteiger partial charge is 0.294 e. The predicted molar refractivity (Wildman–Crippen MR) is 98.0 cm³/mol. The summed E-state index contributed by atoms with van der Waals surface area (Å²) in [4.78, 5) is 22.7. The third-order valence-corrected chi connectivity index (χ3v) is 3.38. The highest BCUT2D eigenvalue weighted by molar-refractivity contribution is 5.92. The summed E-state index contributed by atoms with van der Waals surface area (Å²) in [5.41, 5.74) is 6.73. The number of para-hydroxylation sites is 1. The maximum absolute atomic E-state index is 11.9. The molecule has 0 fully saturated rings. The van der Waals surface area contributed by atoms with E-state index in [-0.39, 0.29) is 18.0 Å². The van der Waals surface area contributed by atoms with Crippen LogP contribution in [0.25, 0.3) is 0 Å². The molecule has 5 N–H and O–H groups in total. The number of carbonyl (C=O) groups excluding carboxylic acids is 1. The molecule has 0 saturated heterocycles. The van der Waals surface area contributed by atoms with Crippen LogP contribution in [0.4, 0.5) is 22.7 Å². The van der Waals surface area contributed by atoms with Gasteiger partial charge in [-0.2, -0.15) is 0 Å². The largest absolute Gasteiger partial charge is 0.350 e. The number of rotatable bonds is 9. The summed E-state index contributed by atoms with van der Waals surface area (Å²) < 4.78 is 0. The molecule has 25 heavy (non-hydrogen) atoms. The molecule has 0 radical (unpaired) electrons. The van der Waals surface area contributed by atoms with Crippen LogP contribution in [0, 0.1) is 10.1 Å². The average molecular weight is 343 g/mol. The Hall–Kier alpha value is -2.97. The summed E-state index contributed by atoms with van der Waals surface area (Å²) >= 11 is 0. The van der Waals surface area contributed by atoms with E-state index in [0.717, 1.165) is 5.69 Å². The third kappa shape index (κ3) is 5.87. The van der Waals surface area contributed by atoms with Crippen molar-refractivity contribution >= 4 is 28.7 Å². The van der Waals surface area contributed by atoms with Crippen LogP contribution in [0.1, 0.15) is 6.42 Å². The van der Waals surface area contributed by atoms with Crippen LogP contribution in [0.2, 0.25) is 0 Å². The molecule has 0 heterocycles. The van der Waals surface area contributed by atoms with Crippen molar-refractivity contribution in [1.29, 1.82) is 0 Å². The average Bonchev–Trinajstić information content (AvgIpc) is 2.61. The summed E-state index contributed by atoms with van der Waals surface area (Å²) in [6.07, 6.45) is 0.262. The van der Waals surface area contributed by atoms with E-state index in [1.807, 2.05) is 30.3 Å². The van der Waals surface area contributed by atoms with Gasteiger partial charge in [0.1, 0.15) is 5.69 Å². The minimum Gasteiger partial charge on any atom is -0.350 e. The highest BCUT2D eigenvalue weighted by Gasteiger charge is 2.15. The predicted octanol–water partition coefficient (Wildman–Crippen LogP) is 2.22. The molecular weight excluding hydrogens is 322 g/mol. The molecule has 2 rings (SSSR count). The Morgan fingerprint density at radius 2 is 1.84 bits per heavy atom. The number of hydrogen-bond acceptors (Lipinski definition) is 6. The van der Waals surface area contributed by atoms with Crippen molar-refractivity contribution in [3.05, 3.63) is 58.6 Å². The van der Waals surface area contributed by atoms with Gasteiger partial charge in [-0.05, 0) is 24.3 Å². The fourth-order valence-electron chi connectivity index (χ4n) is 2.20.